The van der Waals surface area contributed by atoms with Crippen molar-refractivity contribution in [3.63, 3.8) is 0 Å². The van der Waals surface area contributed by atoms with E-state index < -0.39 is 5.97 Å². The fourth-order valence-electron chi connectivity index (χ4n) is 2.61. The largest absolute Gasteiger partial charge is 0.461 e. The van der Waals surface area contributed by atoms with E-state index in [0.29, 0.717) is 42.4 Å². The van der Waals surface area contributed by atoms with E-state index >= 15 is 0 Å². The zero-order chi connectivity index (χ0) is 17.6. The molecule has 0 aromatic carbocycles. The van der Waals surface area contributed by atoms with Crippen LogP contribution in [-0.2, 0) is 11.3 Å². The number of hydrogen-bond donors (Lipinski definition) is 1. The van der Waals surface area contributed by atoms with E-state index in [1.807, 2.05) is 6.92 Å². The van der Waals surface area contributed by atoms with Gasteiger partial charge in [-0.15, -0.1) is 6.58 Å². The quantitative estimate of drug-likeness (QED) is 0.591. The Bertz CT molecular complexity index is 586. The molecule has 0 aliphatic carbocycles. The maximum absolute atomic E-state index is 12.5. The van der Waals surface area contributed by atoms with Crippen LogP contribution in [0.25, 0.3) is 0 Å². The molecule has 1 rings (SSSR count). The Morgan fingerprint density at radius 2 is 2.00 bits per heavy atom. The molecule has 0 spiro atoms. The minimum Gasteiger partial charge on any atom is -0.461 e. The minimum absolute atomic E-state index is 0.144. The van der Waals surface area contributed by atoms with Crippen LogP contribution in [0.2, 0.25) is 0 Å². The Hall–Kier alpha value is -2.04. The highest BCUT2D eigenvalue weighted by Gasteiger charge is 2.26. The first-order valence-corrected chi connectivity index (χ1v) is 8.10. The summed E-state index contributed by atoms with van der Waals surface area (Å²) in [5.41, 5.74) is 2.40. The van der Waals surface area contributed by atoms with Gasteiger partial charge in [-0.2, -0.15) is 0 Å². The van der Waals surface area contributed by atoms with Crippen molar-refractivity contribution in [2.75, 3.05) is 13.2 Å². The Balaban J connectivity index is 3.17. The topological polar surface area (TPSA) is 60.3 Å². The third-order valence-corrected chi connectivity index (χ3v) is 3.78. The van der Waals surface area contributed by atoms with Crippen molar-refractivity contribution >= 4 is 11.9 Å². The van der Waals surface area contributed by atoms with Gasteiger partial charge in [-0.05, 0) is 38.7 Å². The number of allylic oxidation sites excluding steroid dienone is 1. The van der Waals surface area contributed by atoms with Crippen molar-refractivity contribution in [3.05, 3.63) is 35.2 Å². The second-order valence-electron chi connectivity index (χ2n) is 5.99. The summed E-state index contributed by atoms with van der Waals surface area (Å²) in [4.78, 5) is 24.8. The summed E-state index contributed by atoms with van der Waals surface area (Å²) < 4.78 is 6.92. The lowest BCUT2D eigenvalue weighted by Gasteiger charge is -2.09. The molecule has 1 N–H and O–H groups in total. The van der Waals surface area contributed by atoms with Gasteiger partial charge in [0.25, 0.3) is 5.91 Å². The molecule has 0 saturated carbocycles. The molecule has 1 aromatic rings. The van der Waals surface area contributed by atoms with Crippen molar-refractivity contribution in [2.45, 2.75) is 47.6 Å². The van der Waals surface area contributed by atoms with Crippen LogP contribution < -0.4 is 5.32 Å². The normalized spacial score (nSPS) is 10.7. The highest BCUT2D eigenvalue weighted by molar-refractivity contribution is 6.01. The number of aromatic nitrogens is 1. The average molecular weight is 320 g/mol. The van der Waals surface area contributed by atoms with Crippen molar-refractivity contribution < 1.29 is 14.3 Å². The number of carbonyl (C=O) groups is 2. The van der Waals surface area contributed by atoms with Crippen LogP contribution in [0.15, 0.2) is 12.7 Å². The maximum atomic E-state index is 12.5. The van der Waals surface area contributed by atoms with Crippen LogP contribution in [0.5, 0.6) is 0 Å². The van der Waals surface area contributed by atoms with Gasteiger partial charge in [-0.1, -0.05) is 19.9 Å². The van der Waals surface area contributed by atoms with Gasteiger partial charge in [0.1, 0.15) is 5.69 Å². The summed E-state index contributed by atoms with van der Waals surface area (Å²) in [6.07, 6.45) is 2.62. The molecule has 0 unspecified atom stereocenters. The molecule has 1 amide bonds. The van der Waals surface area contributed by atoms with Gasteiger partial charge < -0.3 is 14.6 Å². The molecule has 1 heterocycles. The lowest BCUT2D eigenvalue weighted by Crippen LogP contribution is -2.26. The zero-order valence-electron chi connectivity index (χ0n) is 14.9. The molecule has 0 aliphatic rings. The molecule has 0 bridgehead atoms. The first-order valence-electron chi connectivity index (χ1n) is 8.10. The fourth-order valence-corrected chi connectivity index (χ4v) is 2.61. The van der Waals surface area contributed by atoms with Crippen molar-refractivity contribution in [1.29, 1.82) is 0 Å². The Labute approximate surface area is 138 Å². The predicted octanol–water partition coefficient (Wildman–Crippen LogP) is 3.24. The summed E-state index contributed by atoms with van der Waals surface area (Å²) in [5.74, 6) is -0.0249. The maximum Gasteiger partial charge on any atom is 0.355 e. The molecule has 5 nitrogen and oxygen atoms in total. The van der Waals surface area contributed by atoms with Crippen molar-refractivity contribution in [3.8, 4) is 0 Å². The lowest BCUT2D eigenvalue weighted by atomic mass is 10.1. The number of rotatable bonds is 8. The number of nitrogens with zero attached hydrogens (tertiary/aromatic N) is 1. The van der Waals surface area contributed by atoms with E-state index in [-0.39, 0.29) is 5.91 Å². The van der Waals surface area contributed by atoms with Crippen LogP contribution in [0.4, 0.5) is 0 Å². The van der Waals surface area contributed by atoms with E-state index in [4.69, 9.17) is 4.74 Å². The van der Waals surface area contributed by atoms with Crippen LogP contribution in [-0.4, -0.2) is 29.6 Å². The third kappa shape index (κ3) is 4.47. The molecule has 0 fully saturated rings. The Morgan fingerprint density at radius 3 is 2.52 bits per heavy atom. The summed E-state index contributed by atoms with van der Waals surface area (Å²) in [6.45, 7) is 14.7. The van der Waals surface area contributed by atoms with E-state index in [1.54, 1.807) is 24.5 Å². The molecule has 1 aromatic heterocycles. The number of carbonyl (C=O) groups excluding carboxylic acids is 2. The van der Waals surface area contributed by atoms with Crippen molar-refractivity contribution in [2.24, 2.45) is 5.92 Å². The van der Waals surface area contributed by atoms with Crippen LogP contribution >= 0.6 is 0 Å². The van der Waals surface area contributed by atoms with Gasteiger partial charge in [0.15, 0.2) is 0 Å². The van der Waals surface area contributed by atoms with Gasteiger partial charge in [0.2, 0.25) is 0 Å². The number of amides is 1. The summed E-state index contributed by atoms with van der Waals surface area (Å²) in [5, 5.41) is 2.94. The van der Waals surface area contributed by atoms with Crippen LogP contribution in [0, 0.1) is 19.8 Å². The summed E-state index contributed by atoms with van der Waals surface area (Å²) in [7, 11) is 0. The fraction of sp³-hybridized carbons (Fsp3) is 0.556. The molecule has 0 atom stereocenters. The molecule has 128 valence electrons. The monoisotopic (exact) mass is 320 g/mol. The van der Waals surface area contributed by atoms with E-state index in [0.717, 1.165) is 12.1 Å². The third-order valence-electron chi connectivity index (χ3n) is 3.78. The van der Waals surface area contributed by atoms with Gasteiger partial charge in [0, 0.05) is 18.8 Å². The number of esters is 1. The van der Waals surface area contributed by atoms with Gasteiger partial charge in [0.05, 0.1) is 12.2 Å². The van der Waals surface area contributed by atoms with Crippen LogP contribution in [0.3, 0.4) is 0 Å². The first-order chi connectivity index (χ1) is 10.8. The average Bonchev–Trinajstić information content (AvgIpc) is 2.70. The Kier molecular flexibility index (Phi) is 7.07. The van der Waals surface area contributed by atoms with Crippen LogP contribution in [0.1, 0.15) is 59.3 Å². The van der Waals surface area contributed by atoms with E-state index in [1.165, 1.54) is 0 Å². The van der Waals surface area contributed by atoms with Gasteiger partial charge >= 0.3 is 5.97 Å². The second kappa shape index (κ2) is 8.56. The molecular formula is C18H28N2O3. The zero-order valence-corrected chi connectivity index (χ0v) is 14.9. The number of hydrogen-bond acceptors (Lipinski definition) is 3. The highest BCUT2D eigenvalue weighted by Crippen LogP contribution is 2.23. The standard InChI is InChI=1S/C18H28N2O3/c1-7-11-20-14(6)15(17(21)19-10-9-12(3)4)13(5)16(20)18(22)23-8-2/h7,12H,1,8-11H2,2-6H3,(H,19,21). The van der Waals surface area contributed by atoms with E-state index in [2.05, 4.69) is 25.7 Å². The summed E-state index contributed by atoms with van der Waals surface area (Å²) >= 11 is 0. The highest BCUT2D eigenvalue weighted by atomic mass is 16.5. The minimum atomic E-state index is -0.406. The molecule has 0 radical (unpaired) electrons. The molecular weight excluding hydrogens is 292 g/mol. The second-order valence-corrected chi connectivity index (χ2v) is 5.99. The molecule has 23 heavy (non-hydrogen) atoms. The molecule has 0 aliphatic heterocycles. The smallest absolute Gasteiger partial charge is 0.355 e. The van der Waals surface area contributed by atoms with Gasteiger partial charge in [-0.3, -0.25) is 4.79 Å². The first kappa shape index (κ1) is 19.0. The lowest BCUT2D eigenvalue weighted by molar-refractivity contribution is 0.0513. The predicted molar refractivity (Wildman–Crippen MR) is 91.8 cm³/mol. The molecule has 5 heteroatoms. The Morgan fingerprint density at radius 1 is 1.35 bits per heavy atom. The number of ether oxygens (including phenoxy) is 1. The SMILES string of the molecule is C=CCn1c(C)c(C(=O)NCCC(C)C)c(C)c1C(=O)OCC. The number of nitrogens with one attached hydrogen (secondary N) is 1. The van der Waals surface area contributed by atoms with E-state index in [9.17, 15) is 9.59 Å². The van der Waals surface area contributed by atoms with Crippen molar-refractivity contribution in [1.82, 2.24) is 9.88 Å². The van der Waals surface area contributed by atoms with Gasteiger partial charge in [-0.25, -0.2) is 4.79 Å². The molecule has 0 saturated heterocycles. The summed E-state index contributed by atoms with van der Waals surface area (Å²) in [6, 6.07) is 0.